The number of nitro groups is 1. The Morgan fingerprint density at radius 3 is 2.70 bits per heavy atom. The smallest absolute Gasteiger partial charge is 0.332 e. The van der Waals surface area contributed by atoms with E-state index in [2.05, 4.69) is 26.0 Å². The van der Waals surface area contributed by atoms with Crippen molar-refractivity contribution >= 4 is 23.4 Å². The molecule has 0 unspecified atom stereocenters. The van der Waals surface area contributed by atoms with E-state index < -0.39 is 4.92 Å². The maximum atomic E-state index is 11.3. The van der Waals surface area contributed by atoms with Gasteiger partial charge in [-0.2, -0.15) is 4.98 Å². The zero-order valence-corrected chi connectivity index (χ0v) is 11.3. The van der Waals surface area contributed by atoms with E-state index in [1.54, 1.807) is 0 Å². The second-order valence-corrected chi connectivity index (χ2v) is 3.86. The number of nitrogens with zero attached hydrogens (tertiary/aromatic N) is 3. The Bertz CT molecular complexity index is 506. The van der Waals surface area contributed by atoms with Gasteiger partial charge < -0.3 is 10.6 Å². The number of hydrazine groups is 1. The minimum absolute atomic E-state index is 0.0275. The number of aryl methyl sites for hydroxylation is 1. The van der Waals surface area contributed by atoms with E-state index in [0.717, 1.165) is 0 Å². The van der Waals surface area contributed by atoms with E-state index in [9.17, 15) is 14.9 Å². The fourth-order valence-electron chi connectivity index (χ4n) is 1.55. The number of anilines is 2. The molecule has 5 N–H and O–H groups in total. The van der Waals surface area contributed by atoms with Crippen LogP contribution < -0.4 is 21.9 Å². The number of hydrogen-bond acceptors (Lipinski definition) is 8. The molecule has 0 fully saturated rings. The molecule has 0 aliphatic heterocycles. The highest BCUT2D eigenvalue weighted by molar-refractivity contribution is 5.76. The Labute approximate surface area is 115 Å². The van der Waals surface area contributed by atoms with Gasteiger partial charge in [0.2, 0.25) is 17.7 Å². The lowest BCUT2D eigenvalue weighted by Gasteiger charge is -2.09. The lowest BCUT2D eigenvalue weighted by atomic mass is 10.3. The van der Waals surface area contributed by atoms with Gasteiger partial charge in [-0.1, -0.05) is 0 Å². The van der Waals surface area contributed by atoms with Crippen molar-refractivity contribution < 1.29 is 9.72 Å². The lowest BCUT2D eigenvalue weighted by molar-refractivity contribution is -0.385. The van der Waals surface area contributed by atoms with Crippen LogP contribution in [0.5, 0.6) is 0 Å². The van der Waals surface area contributed by atoms with Gasteiger partial charge in [-0.05, 0) is 13.8 Å². The predicted molar refractivity (Wildman–Crippen MR) is 73.0 cm³/mol. The minimum atomic E-state index is -0.579. The molecule has 0 spiro atoms. The standard InChI is InChI=1S/C10H17N7O3/c1-3-12-7(18)4-5-13-9-8(17(19)20)6(2)14-10(15-9)16-11/h3-5,11H2,1-2H3,(H,12,18)(H2,13,14,15,16). The van der Waals surface area contributed by atoms with E-state index in [-0.39, 0.29) is 42.0 Å². The Morgan fingerprint density at radius 2 is 2.15 bits per heavy atom. The molecule has 1 heterocycles. The van der Waals surface area contributed by atoms with Crippen LogP contribution in [-0.4, -0.2) is 33.9 Å². The zero-order valence-electron chi connectivity index (χ0n) is 11.3. The highest BCUT2D eigenvalue weighted by atomic mass is 16.6. The van der Waals surface area contributed by atoms with Crippen LogP contribution in [0.4, 0.5) is 17.5 Å². The van der Waals surface area contributed by atoms with Gasteiger partial charge in [0.25, 0.3) is 0 Å². The van der Waals surface area contributed by atoms with Gasteiger partial charge in [0.1, 0.15) is 5.69 Å². The number of amides is 1. The third-order valence-corrected chi connectivity index (χ3v) is 2.39. The van der Waals surface area contributed by atoms with Crippen molar-refractivity contribution in [1.29, 1.82) is 0 Å². The molecule has 10 heteroatoms. The summed E-state index contributed by atoms with van der Waals surface area (Å²) >= 11 is 0. The third-order valence-electron chi connectivity index (χ3n) is 2.39. The highest BCUT2D eigenvalue weighted by Gasteiger charge is 2.21. The third kappa shape index (κ3) is 4.02. The summed E-state index contributed by atoms with van der Waals surface area (Å²) in [6, 6.07) is 0. The Morgan fingerprint density at radius 1 is 1.45 bits per heavy atom. The van der Waals surface area contributed by atoms with Gasteiger partial charge in [-0.15, -0.1) is 0 Å². The van der Waals surface area contributed by atoms with Gasteiger partial charge in [-0.25, -0.2) is 10.8 Å². The molecule has 0 atom stereocenters. The molecule has 110 valence electrons. The summed E-state index contributed by atoms with van der Waals surface area (Å²) in [5.41, 5.74) is 2.17. The van der Waals surface area contributed by atoms with E-state index in [4.69, 9.17) is 5.84 Å². The number of hydrogen-bond donors (Lipinski definition) is 4. The molecule has 1 aromatic heterocycles. The lowest BCUT2D eigenvalue weighted by Crippen LogP contribution is -2.25. The molecule has 10 nitrogen and oxygen atoms in total. The Balaban J connectivity index is 2.84. The van der Waals surface area contributed by atoms with Crippen molar-refractivity contribution in [2.75, 3.05) is 23.8 Å². The van der Waals surface area contributed by atoms with Gasteiger partial charge in [0, 0.05) is 19.5 Å². The van der Waals surface area contributed by atoms with Crippen LogP contribution >= 0.6 is 0 Å². The van der Waals surface area contributed by atoms with E-state index >= 15 is 0 Å². The van der Waals surface area contributed by atoms with Crippen molar-refractivity contribution in [2.24, 2.45) is 5.84 Å². The molecule has 0 aliphatic rings. The molecule has 0 aliphatic carbocycles. The van der Waals surface area contributed by atoms with Crippen molar-refractivity contribution in [1.82, 2.24) is 15.3 Å². The minimum Gasteiger partial charge on any atom is -0.364 e. The van der Waals surface area contributed by atoms with Crippen molar-refractivity contribution in [3.05, 3.63) is 15.8 Å². The predicted octanol–water partition coefficient (Wildman–Crippen LogP) is -0.0831. The molecule has 0 radical (unpaired) electrons. The Kier molecular flexibility index (Phi) is 5.59. The molecular formula is C10H17N7O3. The fraction of sp³-hybridized carbons (Fsp3) is 0.500. The summed E-state index contributed by atoms with van der Waals surface area (Å²) < 4.78 is 0. The SMILES string of the molecule is CCNC(=O)CCNc1nc(NN)nc(C)c1[N+](=O)[O-]. The second-order valence-electron chi connectivity index (χ2n) is 3.86. The van der Waals surface area contributed by atoms with Gasteiger partial charge >= 0.3 is 5.69 Å². The highest BCUT2D eigenvalue weighted by Crippen LogP contribution is 2.26. The first-order chi connectivity index (χ1) is 9.49. The van der Waals surface area contributed by atoms with Crippen LogP contribution in [0.15, 0.2) is 0 Å². The summed E-state index contributed by atoms with van der Waals surface area (Å²) in [6.45, 7) is 4.04. The summed E-state index contributed by atoms with van der Waals surface area (Å²) in [4.78, 5) is 29.4. The van der Waals surface area contributed by atoms with Gasteiger partial charge in [-0.3, -0.25) is 20.3 Å². The Hall–Kier alpha value is -2.49. The van der Waals surface area contributed by atoms with E-state index in [0.29, 0.717) is 6.54 Å². The molecule has 0 saturated carbocycles. The molecule has 0 saturated heterocycles. The van der Waals surface area contributed by atoms with E-state index in [1.807, 2.05) is 6.92 Å². The molecule has 1 amide bonds. The summed E-state index contributed by atoms with van der Waals surface area (Å²) in [6.07, 6.45) is 0.180. The van der Waals surface area contributed by atoms with Crippen LogP contribution in [0.25, 0.3) is 0 Å². The molecular weight excluding hydrogens is 266 g/mol. The van der Waals surface area contributed by atoms with Crippen molar-refractivity contribution in [2.45, 2.75) is 20.3 Å². The number of nitrogens with one attached hydrogen (secondary N) is 3. The quantitative estimate of drug-likeness (QED) is 0.308. The number of nitrogen functional groups attached to an aromatic ring is 1. The summed E-state index contributed by atoms with van der Waals surface area (Å²) in [5, 5.41) is 16.4. The molecule has 20 heavy (non-hydrogen) atoms. The average Bonchev–Trinajstić information content (AvgIpc) is 2.37. The number of aromatic nitrogens is 2. The fourth-order valence-corrected chi connectivity index (χ4v) is 1.55. The van der Waals surface area contributed by atoms with Crippen LogP contribution in [0.1, 0.15) is 19.0 Å². The maximum absolute atomic E-state index is 11.3. The topological polar surface area (TPSA) is 148 Å². The van der Waals surface area contributed by atoms with Gasteiger partial charge in [0.05, 0.1) is 4.92 Å². The maximum Gasteiger partial charge on any atom is 0.332 e. The molecule has 1 rings (SSSR count). The van der Waals surface area contributed by atoms with Crippen LogP contribution in [0.3, 0.4) is 0 Å². The van der Waals surface area contributed by atoms with Crippen LogP contribution in [0.2, 0.25) is 0 Å². The van der Waals surface area contributed by atoms with Gasteiger partial charge in [0.15, 0.2) is 0 Å². The largest absolute Gasteiger partial charge is 0.364 e. The molecule has 0 bridgehead atoms. The monoisotopic (exact) mass is 283 g/mol. The first-order valence-electron chi connectivity index (χ1n) is 5.99. The van der Waals surface area contributed by atoms with E-state index in [1.165, 1.54) is 6.92 Å². The second kappa shape index (κ2) is 7.19. The molecule has 1 aromatic rings. The molecule has 0 aromatic carbocycles. The average molecular weight is 283 g/mol. The summed E-state index contributed by atoms with van der Waals surface area (Å²) in [5.74, 6) is 5.14. The first kappa shape index (κ1) is 15.6. The van der Waals surface area contributed by atoms with Crippen LogP contribution in [-0.2, 0) is 4.79 Å². The van der Waals surface area contributed by atoms with Crippen molar-refractivity contribution in [3.63, 3.8) is 0 Å². The van der Waals surface area contributed by atoms with Crippen molar-refractivity contribution in [3.8, 4) is 0 Å². The zero-order chi connectivity index (χ0) is 15.1. The number of carbonyl (C=O) groups excluding carboxylic acids is 1. The number of rotatable bonds is 7. The first-order valence-corrected chi connectivity index (χ1v) is 5.99. The number of nitrogens with two attached hydrogens (primary N) is 1. The number of carbonyl (C=O) groups is 1. The normalized spacial score (nSPS) is 9.95. The summed E-state index contributed by atoms with van der Waals surface area (Å²) in [7, 11) is 0. The van der Waals surface area contributed by atoms with Crippen LogP contribution in [0, 0.1) is 17.0 Å².